The number of amidine groups is 1. The van der Waals surface area contributed by atoms with Crippen molar-refractivity contribution in [2.75, 3.05) is 18.4 Å². The van der Waals surface area contributed by atoms with Crippen LogP contribution in [0.15, 0.2) is 24.3 Å². The number of benzene rings is 1. The lowest BCUT2D eigenvalue weighted by molar-refractivity contribution is 0.221. The van der Waals surface area contributed by atoms with Crippen molar-refractivity contribution < 1.29 is 9.18 Å². The minimum Gasteiger partial charge on any atom is -0.386 e. The van der Waals surface area contributed by atoms with Crippen molar-refractivity contribution in [1.29, 1.82) is 5.41 Å². The lowest BCUT2D eigenvalue weighted by atomic mass is 10.3. The fourth-order valence-corrected chi connectivity index (χ4v) is 1.29. The van der Waals surface area contributed by atoms with Crippen molar-refractivity contribution in [1.82, 2.24) is 4.90 Å². The molecule has 5 nitrogen and oxygen atoms in total. The summed E-state index contributed by atoms with van der Waals surface area (Å²) in [6.07, 6.45) is 0. The third-order valence-corrected chi connectivity index (χ3v) is 2.15. The third-order valence-electron chi connectivity index (χ3n) is 2.15. The van der Waals surface area contributed by atoms with Crippen LogP contribution in [0.1, 0.15) is 6.92 Å². The van der Waals surface area contributed by atoms with Crippen LogP contribution in [0.5, 0.6) is 0 Å². The Labute approximate surface area is 98.9 Å². The molecule has 1 aromatic carbocycles. The number of anilines is 1. The molecule has 0 aliphatic carbocycles. The molecule has 0 aromatic heterocycles. The molecule has 6 heteroatoms. The molecule has 1 rings (SSSR count). The first-order chi connectivity index (χ1) is 8.04. The van der Waals surface area contributed by atoms with Gasteiger partial charge in [0.1, 0.15) is 11.7 Å². The highest BCUT2D eigenvalue weighted by Gasteiger charge is 2.13. The maximum Gasteiger partial charge on any atom is 0.322 e. The summed E-state index contributed by atoms with van der Waals surface area (Å²) in [5, 5.41) is 9.55. The van der Waals surface area contributed by atoms with Crippen LogP contribution in [0.3, 0.4) is 0 Å². The van der Waals surface area contributed by atoms with Gasteiger partial charge in [-0.2, -0.15) is 0 Å². The van der Waals surface area contributed by atoms with E-state index in [1.807, 2.05) is 0 Å². The van der Waals surface area contributed by atoms with Crippen molar-refractivity contribution in [3.05, 3.63) is 30.1 Å². The van der Waals surface area contributed by atoms with E-state index in [-0.39, 0.29) is 18.1 Å². The predicted molar refractivity (Wildman–Crippen MR) is 64.6 cm³/mol. The van der Waals surface area contributed by atoms with Gasteiger partial charge in [0.2, 0.25) is 0 Å². The lowest BCUT2D eigenvalue weighted by Crippen LogP contribution is -2.40. The van der Waals surface area contributed by atoms with Gasteiger partial charge in [0.25, 0.3) is 0 Å². The number of carbonyl (C=O) groups is 1. The molecule has 0 fully saturated rings. The molecule has 2 amide bonds. The highest BCUT2D eigenvalue weighted by atomic mass is 19.1. The topological polar surface area (TPSA) is 82.2 Å². The maximum atomic E-state index is 13.3. The number of amides is 2. The average molecular weight is 238 g/mol. The van der Waals surface area contributed by atoms with Crippen LogP contribution in [0, 0.1) is 11.2 Å². The Morgan fingerprint density at radius 2 is 2.18 bits per heavy atom. The molecule has 0 spiro atoms. The zero-order chi connectivity index (χ0) is 12.8. The summed E-state index contributed by atoms with van der Waals surface area (Å²) < 4.78 is 13.3. The number of nitrogens with two attached hydrogens (primary N) is 1. The van der Waals surface area contributed by atoms with Crippen LogP contribution in [-0.4, -0.2) is 29.9 Å². The predicted octanol–water partition coefficient (Wildman–Crippen LogP) is 1.62. The Morgan fingerprint density at radius 1 is 1.53 bits per heavy atom. The standard InChI is InChI=1S/C11H15FN4O/c1-2-16(7-10(13)14)11(17)15-9-6-4-3-5-8(9)12/h3-6H,2,7H2,1H3,(H3,13,14)(H,15,17). The summed E-state index contributed by atoms with van der Waals surface area (Å²) in [6, 6.07) is 5.41. The van der Waals surface area contributed by atoms with E-state index in [0.717, 1.165) is 0 Å². The van der Waals surface area contributed by atoms with Crippen molar-refractivity contribution in [2.45, 2.75) is 6.92 Å². The van der Waals surface area contributed by atoms with E-state index in [9.17, 15) is 9.18 Å². The van der Waals surface area contributed by atoms with Crippen molar-refractivity contribution in [3.63, 3.8) is 0 Å². The van der Waals surface area contributed by atoms with E-state index >= 15 is 0 Å². The second-order valence-electron chi connectivity index (χ2n) is 3.45. The Bertz CT molecular complexity index is 422. The SMILES string of the molecule is CCN(CC(=N)N)C(=O)Nc1ccccc1F. The zero-order valence-electron chi connectivity index (χ0n) is 9.53. The van der Waals surface area contributed by atoms with Gasteiger partial charge in [-0.3, -0.25) is 5.41 Å². The van der Waals surface area contributed by atoms with Gasteiger partial charge in [-0.25, -0.2) is 9.18 Å². The molecule has 4 N–H and O–H groups in total. The summed E-state index contributed by atoms with van der Waals surface area (Å²) in [4.78, 5) is 13.0. The number of carbonyl (C=O) groups excluding carboxylic acids is 1. The fraction of sp³-hybridized carbons (Fsp3) is 0.273. The van der Waals surface area contributed by atoms with Crippen LogP contribution >= 0.6 is 0 Å². The molecular formula is C11H15FN4O. The molecule has 0 bridgehead atoms. The Kier molecular flexibility index (Phi) is 4.45. The quantitative estimate of drug-likeness (QED) is 0.550. The smallest absolute Gasteiger partial charge is 0.322 e. The number of rotatable bonds is 4. The van der Waals surface area contributed by atoms with Gasteiger partial charge in [0, 0.05) is 6.54 Å². The van der Waals surface area contributed by atoms with Gasteiger partial charge >= 0.3 is 6.03 Å². The number of urea groups is 1. The van der Waals surface area contributed by atoms with Crippen LogP contribution < -0.4 is 11.1 Å². The highest BCUT2D eigenvalue weighted by molar-refractivity contribution is 5.92. The minimum absolute atomic E-state index is 0.0246. The Morgan fingerprint density at radius 3 is 2.71 bits per heavy atom. The first kappa shape index (κ1) is 13.0. The second kappa shape index (κ2) is 5.83. The number of likely N-dealkylation sites (N-methyl/N-ethyl adjacent to an activating group) is 1. The van der Waals surface area contributed by atoms with Gasteiger partial charge in [0.15, 0.2) is 0 Å². The van der Waals surface area contributed by atoms with Gasteiger partial charge in [0.05, 0.1) is 12.2 Å². The van der Waals surface area contributed by atoms with E-state index in [1.165, 1.54) is 23.1 Å². The van der Waals surface area contributed by atoms with E-state index in [1.54, 1.807) is 13.0 Å². The summed E-state index contributed by atoms with van der Waals surface area (Å²) in [5.41, 5.74) is 5.33. The molecular weight excluding hydrogens is 223 g/mol. The molecule has 0 radical (unpaired) electrons. The van der Waals surface area contributed by atoms with E-state index in [2.05, 4.69) is 5.32 Å². The molecule has 0 unspecified atom stereocenters. The molecule has 0 heterocycles. The normalized spacial score (nSPS) is 9.76. The Balaban J connectivity index is 2.71. The van der Waals surface area contributed by atoms with Gasteiger partial charge in [-0.15, -0.1) is 0 Å². The molecule has 0 aliphatic rings. The minimum atomic E-state index is -0.500. The molecule has 0 atom stereocenters. The van der Waals surface area contributed by atoms with E-state index < -0.39 is 11.8 Å². The van der Waals surface area contributed by atoms with Crippen molar-refractivity contribution in [3.8, 4) is 0 Å². The molecule has 1 aromatic rings. The fourth-order valence-electron chi connectivity index (χ4n) is 1.29. The van der Waals surface area contributed by atoms with Gasteiger partial charge in [-0.05, 0) is 19.1 Å². The number of nitrogens with zero attached hydrogens (tertiary/aromatic N) is 1. The van der Waals surface area contributed by atoms with Crippen LogP contribution in [0.2, 0.25) is 0 Å². The van der Waals surface area contributed by atoms with Gasteiger partial charge in [-0.1, -0.05) is 12.1 Å². The summed E-state index contributed by atoms with van der Waals surface area (Å²) in [7, 11) is 0. The van der Waals surface area contributed by atoms with Crippen molar-refractivity contribution in [2.24, 2.45) is 5.73 Å². The van der Waals surface area contributed by atoms with E-state index in [4.69, 9.17) is 11.1 Å². The Hall–Kier alpha value is -2.11. The third kappa shape index (κ3) is 3.75. The van der Waals surface area contributed by atoms with Crippen LogP contribution in [-0.2, 0) is 0 Å². The van der Waals surface area contributed by atoms with Gasteiger partial charge < -0.3 is 16.0 Å². The van der Waals surface area contributed by atoms with Crippen LogP contribution in [0.25, 0.3) is 0 Å². The van der Waals surface area contributed by atoms with Crippen molar-refractivity contribution >= 4 is 17.6 Å². The molecule has 17 heavy (non-hydrogen) atoms. The number of para-hydroxylation sites is 1. The van der Waals surface area contributed by atoms with Crippen LogP contribution in [0.4, 0.5) is 14.9 Å². The molecule has 92 valence electrons. The number of hydrogen-bond acceptors (Lipinski definition) is 2. The molecule has 0 saturated heterocycles. The molecule has 0 aliphatic heterocycles. The molecule has 0 saturated carbocycles. The zero-order valence-corrected chi connectivity index (χ0v) is 9.53. The maximum absolute atomic E-state index is 13.3. The largest absolute Gasteiger partial charge is 0.386 e. The number of halogens is 1. The number of hydrogen-bond donors (Lipinski definition) is 3. The second-order valence-corrected chi connectivity index (χ2v) is 3.45. The number of nitrogens with one attached hydrogen (secondary N) is 2. The lowest BCUT2D eigenvalue weighted by Gasteiger charge is -2.20. The summed E-state index contributed by atoms with van der Waals surface area (Å²) in [6.45, 7) is 2.17. The average Bonchev–Trinajstić information content (AvgIpc) is 2.28. The highest BCUT2D eigenvalue weighted by Crippen LogP contribution is 2.12. The first-order valence-electron chi connectivity index (χ1n) is 5.18. The summed E-state index contributed by atoms with van der Waals surface area (Å²) in [5.74, 6) is -0.615. The monoisotopic (exact) mass is 238 g/mol. The first-order valence-corrected chi connectivity index (χ1v) is 5.18. The van der Waals surface area contributed by atoms with E-state index in [0.29, 0.717) is 6.54 Å². The summed E-state index contributed by atoms with van der Waals surface area (Å²) >= 11 is 0.